The molecule has 0 saturated heterocycles. The van der Waals surface area contributed by atoms with Crippen molar-refractivity contribution in [2.45, 2.75) is 6.42 Å². The number of rotatable bonds is 5. The van der Waals surface area contributed by atoms with E-state index in [0.717, 1.165) is 11.0 Å². The molecule has 0 atom stereocenters. The van der Waals surface area contributed by atoms with Crippen LogP contribution < -0.4 is 5.32 Å². The maximum absolute atomic E-state index is 13.9. The van der Waals surface area contributed by atoms with E-state index in [1.165, 1.54) is 25.3 Å². The Morgan fingerprint density at radius 3 is 2.50 bits per heavy atom. The van der Waals surface area contributed by atoms with Crippen molar-refractivity contribution < 1.29 is 18.7 Å². The van der Waals surface area contributed by atoms with Crippen LogP contribution in [-0.4, -0.2) is 29.0 Å². The molecule has 30 heavy (non-hydrogen) atoms. The summed E-state index contributed by atoms with van der Waals surface area (Å²) in [4.78, 5) is 31.6. The third-order valence-electron chi connectivity index (χ3n) is 4.67. The van der Waals surface area contributed by atoms with Crippen molar-refractivity contribution in [3.63, 3.8) is 0 Å². The van der Waals surface area contributed by atoms with E-state index in [1.54, 1.807) is 48.5 Å². The first-order valence-corrected chi connectivity index (χ1v) is 9.25. The largest absolute Gasteiger partial charge is 0.465 e. The minimum absolute atomic E-state index is 0.274. The lowest BCUT2D eigenvalue weighted by Gasteiger charge is -2.06. The van der Waals surface area contributed by atoms with E-state index in [2.05, 4.69) is 20.0 Å². The number of carbonyl (C=O) groups excluding carboxylic acids is 2. The number of aromatic amines is 1. The Morgan fingerprint density at radius 2 is 1.77 bits per heavy atom. The monoisotopic (exact) mass is 403 g/mol. The van der Waals surface area contributed by atoms with Crippen LogP contribution in [0, 0.1) is 5.82 Å². The molecule has 0 aliphatic carbocycles. The molecule has 0 spiro atoms. The predicted molar refractivity (Wildman–Crippen MR) is 111 cm³/mol. The lowest BCUT2D eigenvalue weighted by molar-refractivity contribution is 0.0600. The molecule has 0 aliphatic heterocycles. The van der Waals surface area contributed by atoms with Crippen molar-refractivity contribution in [3.05, 3.63) is 95.1 Å². The maximum Gasteiger partial charge on any atom is 0.337 e. The van der Waals surface area contributed by atoms with Gasteiger partial charge in [-0.25, -0.2) is 14.2 Å². The summed E-state index contributed by atoms with van der Waals surface area (Å²) in [5, 5.41) is 2.82. The van der Waals surface area contributed by atoms with E-state index >= 15 is 0 Å². The normalized spacial score (nSPS) is 10.7. The summed E-state index contributed by atoms with van der Waals surface area (Å²) >= 11 is 0. The van der Waals surface area contributed by atoms with Gasteiger partial charge in [0.05, 0.1) is 23.7 Å². The van der Waals surface area contributed by atoms with Crippen LogP contribution in [0.4, 0.5) is 10.1 Å². The molecule has 7 heteroatoms. The highest BCUT2D eigenvalue weighted by Crippen LogP contribution is 2.20. The molecular formula is C23H18FN3O3. The molecule has 1 amide bonds. The first kappa shape index (κ1) is 19.3. The van der Waals surface area contributed by atoms with E-state index in [4.69, 9.17) is 0 Å². The molecule has 4 aromatic rings. The Balaban J connectivity index is 1.50. The molecular weight excluding hydrogens is 385 g/mol. The van der Waals surface area contributed by atoms with Gasteiger partial charge in [-0.15, -0.1) is 0 Å². The first-order chi connectivity index (χ1) is 14.5. The zero-order chi connectivity index (χ0) is 21.1. The summed E-state index contributed by atoms with van der Waals surface area (Å²) in [7, 11) is 1.30. The minimum atomic E-state index is -0.460. The molecule has 0 bridgehead atoms. The van der Waals surface area contributed by atoms with Crippen LogP contribution in [0.2, 0.25) is 0 Å². The van der Waals surface area contributed by atoms with Gasteiger partial charge in [-0.1, -0.05) is 18.2 Å². The predicted octanol–water partition coefficient (Wildman–Crippen LogP) is 4.33. The van der Waals surface area contributed by atoms with Gasteiger partial charge in [-0.3, -0.25) is 4.79 Å². The van der Waals surface area contributed by atoms with Crippen molar-refractivity contribution in [2.24, 2.45) is 0 Å². The number of nitrogens with zero attached hydrogens (tertiary/aromatic N) is 1. The average Bonchev–Trinajstić information content (AvgIpc) is 3.16. The molecule has 0 radical (unpaired) electrons. The summed E-state index contributed by atoms with van der Waals surface area (Å²) in [5.74, 6) is -0.407. The number of nitrogens with one attached hydrogen (secondary N) is 2. The number of esters is 1. The average molecular weight is 403 g/mol. The topological polar surface area (TPSA) is 84.1 Å². The van der Waals surface area contributed by atoms with Gasteiger partial charge in [0, 0.05) is 17.7 Å². The second-order valence-corrected chi connectivity index (χ2v) is 6.71. The highest BCUT2D eigenvalue weighted by atomic mass is 19.1. The molecule has 0 unspecified atom stereocenters. The smallest absolute Gasteiger partial charge is 0.337 e. The van der Waals surface area contributed by atoms with Crippen molar-refractivity contribution in [3.8, 4) is 0 Å². The zero-order valence-corrected chi connectivity index (χ0v) is 16.1. The lowest BCUT2D eigenvalue weighted by Crippen LogP contribution is -2.12. The number of ether oxygens (including phenoxy) is 1. The van der Waals surface area contributed by atoms with Crippen LogP contribution in [0.25, 0.3) is 11.0 Å². The molecule has 0 fully saturated rings. The van der Waals surface area contributed by atoms with Crippen molar-refractivity contribution >= 4 is 28.6 Å². The number of benzene rings is 3. The molecule has 4 rings (SSSR count). The van der Waals surface area contributed by atoms with Crippen LogP contribution in [0.3, 0.4) is 0 Å². The number of methoxy groups -OCH3 is 1. The van der Waals surface area contributed by atoms with Gasteiger partial charge in [0.15, 0.2) is 0 Å². The second kappa shape index (κ2) is 8.16. The Morgan fingerprint density at radius 1 is 1.03 bits per heavy atom. The summed E-state index contributed by atoms with van der Waals surface area (Å²) in [6.45, 7) is 0. The summed E-state index contributed by atoms with van der Waals surface area (Å²) in [6.07, 6.45) is 0.343. The number of H-pyrrole nitrogens is 1. The number of aromatic nitrogens is 2. The molecule has 2 N–H and O–H groups in total. The highest BCUT2D eigenvalue weighted by Gasteiger charge is 2.11. The van der Waals surface area contributed by atoms with Gasteiger partial charge >= 0.3 is 5.97 Å². The van der Waals surface area contributed by atoms with Crippen LogP contribution in [0.15, 0.2) is 66.7 Å². The fraction of sp³-hybridized carbons (Fsp3) is 0.0870. The molecule has 0 aliphatic rings. The molecule has 150 valence electrons. The number of hydrogen-bond donors (Lipinski definition) is 2. The summed E-state index contributed by atoms with van der Waals surface area (Å²) < 4.78 is 18.5. The molecule has 1 aromatic heterocycles. The van der Waals surface area contributed by atoms with Crippen LogP contribution in [-0.2, 0) is 11.2 Å². The molecule has 0 saturated carbocycles. The number of fused-ring (bicyclic) bond motifs is 1. The molecule has 6 nitrogen and oxygen atoms in total. The number of halogens is 1. The lowest BCUT2D eigenvalue weighted by atomic mass is 10.1. The summed E-state index contributed by atoms with van der Waals surface area (Å²) in [5.41, 5.74) is 3.39. The number of anilines is 1. The fourth-order valence-corrected chi connectivity index (χ4v) is 3.12. The third-order valence-corrected chi connectivity index (χ3v) is 4.67. The van der Waals surface area contributed by atoms with Gasteiger partial charge in [0.1, 0.15) is 11.6 Å². The van der Waals surface area contributed by atoms with Gasteiger partial charge in [0.25, 0.3) is 5.91 Å². The van der Waals surface area contributed by atoms with Gasteiger partial charge in [-0.05, 0) is 54.1 Å². The Kier molecular flexibility index (Phi) is 5.26. The van der Waals surface area contributed by atoms with Crippen LogP contribution in [0.5, 0.6) is 0 Å². The van der Waals surface area contributed by atoms with Gasteiger partial charge < -0.3 is 15.0 Å². The number of imidazole rings is 1. The standard InChI is InChI=1S/C23H18FN3O3/c1-30-23(29)15-8-6-14(7-9-15)22(28)25-17-10-11-19-20(13-17)27-21(26-19)12-16-4-2-3-5-18(16)24/h2-11,13H,12H2,1H3,(H,25,28)(H,26,27). The maximum atomic E-state index is 13.9. The second-order valence-electron chi connectivity index (χ2n) is 6.71. The van der Waals surface area contributed by atoms with Gasteiger partial charge in [0.2, 0.25) is 0 Å². The van der Waals surface area contributed by atoms with E-state index < -0.39 is 5.97 Å². The Bertz CT molecular complexity index is 1230. The SMILES string of the molecule is COC(=O)c1ccc(C(=O)Nc2ccc3nc(Cc4ccccc4F)[nH]c3c2)cc1. The highest BCUT2D eigenvalue weighted by molar-refractivity contribution is 6.05. The van der Waals surface area contributed by atoms with Crippen LogP contribution >= 0.6 is 0 Å². The minimum Gasteiger partial charge on any atom is -0.465 e. The quantitative estimate of drug-likeness (QED) is 0.486. The molecule has 3 aromatic carbocycles. The number of hydrogen-bond acceptors (Lipinski definition) is 4. The van der Waals surface area contributed by atoms with Crippen molar-refractivity contribution in [2.75, 3.05) is 12.4 Å². The van der Waals surface area contributed by atoms with E-state index in [1.807, 2.05) is 0 Å². The first-order valence-electron chi connectivity index (χ1n) is 9.25. The zero-order valence-electron chi connectivity index (χ0n) is 16.1. The van der Waals surface area contributed by atoms with Crippen molar-refractivity contribution in [1.29, 1.82) is 0 Å². The van der Waals surface area contributed by atoms with Gasteiger partial charge in [-0.2, -0.15) is 0 Å². The van der Waals surface area contributed by atoms with Crippen LogP contribution in [0.1, 0.15) is 32.1 Å². The molecule has 1 heterocycles. The Labute approximate surface area is 171 Å². The van der Waals surface area contributed by atoms with E-state index in [0.29, 0.717) is 34.6 Å². The Hall–Kier alpha value is -4.00. The number of amides is 1. The van der Waals surface area contributed by atoms with E-state index in [9.17, 15) is 14.0 Å². The van der Waals surface area contributed by atoms with Crippen molar-refractivity contribution in [1.82, 2.24) is 9.97 Å². The van der Waals surface area contributed by atoms with E-state index in [-0.39, 0.29) is 11.7 Å². The fourth-order valence-electron chi connectivity index (χ4n) is 3.12. The third kappa shape index (κ3) is 4.05. The summed E-state index contributed by atoms with van der Waals surface area (Å²) in [6, 6.07) is 18.1. The number of carbonyl (C=O) groups is 2.